The molecule has 0 bridgehead atoms. The smallest absolute Gasteiger partial charge is 0.169 e. The maximum atomic E-state index is 14.0. The first-order valence-corrected chi connectivity index (χ1v) is 7.40. The zero-order chi connectivity index (χ0) is 14.7. The second kappa shape index (κ2) is 6.05. The summed E-state index contributed by atoms with van der Waals surface area (Å²) in [5.74, 6) is -0.261. The number of halogens is 1. The highest BCUT2D eigenvalue weighted by molar-refractivity contribution is 7.84. The van der Waals surface area contributed by atoms with E-state index in [9.17, 15) is 8.60 Å². The maximum absolute atomic E-state index is 14.0. The van der Waals surface area contributed by atoms with E-state index >= 15 is 0 Å². The van der Waals surface area contributed by atoms with Crippen LogP contribution in [0.15, 0.2) is 41.3 Å². The Balaban J connectivity index is 2.30. The Labute approximate surface area is 120 Å². The van der Waals surface area contributed by atoms with E-state index in [4.69, 9.17) is 10.5 Å². The number of nitrogens with two attached hydrogens (primary N) is 1. The molecule has 1 unspecified atom stereocenters. The van der Waals surface area contributed by atoms with Crippen LogP contribution in [-0.2, 0) is 16.6 Å². The lowest BCUT2D eigenvalue weighted by atomic mass is 10.2. The third-order valence-electron chi connectivity index (χ3n) is 2.96. The monoisotopic (exact) mass is 293 g/mol. The van der Waals surface area contributed by atoms with Gasteiger partial charge in [-0.1, -0.05) is 18.2 Å². The summed E-state index contributed by atoms with van der Waals surface area (Å²) in [5, 5.41) is 0. The van der Waals surface area contributed by atoms with Gasteiger partial charge in [-0.3, -0.25) is 4.21 Å². The Hall–Kier alpha value is -1.88. The lowest BCUT2D eigenvalue weighted by molar-refractivity contribution is 0.385. The van der Waals surface area contributed by atoms with Crippen molar-refractivity contribution in [3.63, 3.8) is 0 Å². The van der Waals surface area contributed by atoms with E-state index in [-0.39, 0.29) is 11.5 Å². The average Bonchev–Trinajstić information content (AvgIpc) is 2.43. The molecule has 106 valence electrons. The predicted octanol–water partition coefficient (Wildman–Crippen LogP) is 3.03. The largest absolute Gasteiger partial charge is 0.494 e. The number of ether oxygens (including phenoxy) is 1. The summed E-state index contributed by atoms with van der Waals surface area (Å²) in [4.78, 5) is 0.534. The number of rotatable bonds is 4. The summed E-state index contributed by atoms with van der Waals surface area (Å²) >= 11 is 0. The summed E-state index contributed by atoms with van der Waals surface area (Å²) in [6.07, 6.45) is 0. The van der Waals surface area contributed by atoms with Crippen molar-refractivity contribution >= 4 is 16.5 Å². The molecule has 5 heteroatoms. The number of hydrogen-bond acceptors (Lipinski definition) is 3. The molecule has 0 amide bonds. The molecular formula is C15H16FNO2S. The summed E-state index contributed by atoms with van der Waals surface area (Å²) in [5.41, 5.74) is 7.60. The lowest BCUT2D eigenvalue weighted by Crippen LogP contribution is -2.03. The van der Waals surface area contributed by atoms with E-state index in [0.29, 0.717) is 16.1 Å². The molecular weight excluding hydrogens is 277 g/mol. The molecule has 0 aliphatic carbocycles. The third-order valence-corrected chi connectivity index (χ3v) is 4.38. The molecule has 0 aromatic heterocycles. The molecule has 0 heterocycles. The molecule has 3 nitrogen and oxygen atoms in total. The highest BCUT2D eigenvalue weighted by Gasteiger charge is 2.14. The quantitative estimate of drug-likeness (QED) is 0.882. The first-order chi connectivity index (χ1) is 9.52. The van der Waals surface area contributed by atoms with Crippen molar-refractivity contribution < 1.29 is 13.3 Å². The van der Waals surface area contributed by atoms with Crippen LogP contribution >= 0.6 is 0 Å². The van der Waals surface area contributed by atoms with Gasteiger partial charge in [0.15, 0.2) is 11.6 Å². The van der Waals surface area contributed by atoms with Crippen molar-refractivity contribution in [3.8, 4) is 5.75 Å². The van der Waals surface area contributed by atoms with Crippen molar-refractivity contribution in [2.24, 2.45) is 0 Å². The van der Waals surface area contributed by atoms with Gasteiger partial charge in [0.05, 0.1) is 28.6 Å². The zero-order valence-electron chi connectivity index (χ0n) is 11.4. The summed E-state index contributed by atoms with van der Waals surface area (Å²) in [7, 11) is 0.00317. The second-order valence-electron chi connectivity index (χ2n) is 4.46. The summed E-state index contributed by atoms with van der Waals surface area (Å²) in [6.45, 7) is 1.90. The first kappa shape index (κ1) is 14.5. The normalized spacial score (nSPS) is 12.2. The number of benzene rings is 2. The molecule has 20 heavy (non-hydrogen) atoms. The van der Waals surface area contributed by atoms with Crippen LogP contribution in [0.4, 0.5) is 10.1 Å². The van der Waals surface area contributed by atoms with Gasteiger partial charge in [0.25, 0.3) is 0 Å². The van der Waals surface area contributed by atoms with Gasteiger partial charge in [-0.2, -0.15) is 0 Å². The van der Waals surface area contributed by atoms with Gasteiger partial charge in [0.2, 0.25) is 0 Å². The van der Waals surface area contributed by atoms with Crippen LogP contribution in [0.3, 0.4) is 0 Å². The second-order valence-corrected chi connectivity index (χ2v) is 5.88. The number of anilines is 1. The van der Waals surface area contributed by atoms with Crippen LogP contribution in [0.5, 0.6) is 5.75 Å². The van der Waals surface area contributed by atoms with Gasteiger partial charge < -0.3 is 10.5 Å². The molecule has 0 saturated heterocycles. The van der Waals surface area contributed by atoms with Crippen molar-refractivity contribution in [3.05, 3.63) is 53.3 Å². The van der Waals surface area contributed by atoms with Crippen LogP contribution < -0.4 is 10.5 Å². The van der Waals surface area contributed by atoms with Crippen LogP contribution in [0.25, 0.3) is 0 Å². The highest BCUT2D eigenvalue weighted by atomic mass is 32.2. The standard InChI is InChI=1S/C15H16FNO2S/c1-10-6-7-12(17)14(8-10)20(18)9-11-4-3-5-13(19-2)15(11)16/h3-8H,9,17H2,1-2H3. The zero-order valence-corrected chi connectivity index (χ0v) is 12.2. The van der Waals surface area contributed by atoms with Crippen molar-refractivity contribution in [1.82, 2.24) is 0 Å². The molecule has 1 atom stereocenters. The molecule has 0 saturated carbocycles. The molecule has 2 aromatic rings. The fourth-order valence-corrected chi connectivity index (χ4v) is 3.19. The van der Waals surface area contributed by atoms with Crippen molar-refractivity contribution in [1.29, 1.82) is 0 Å². The van der Waals surface area contributed by atoms with E-state index in [1.54, 1.807) is 24.3 Å². The van der Waals surface area contributed by atoms with Crippen molar-refractivity contribution in [2.45, 2.75) is 17.6 Å². The van der Waals surface area contributed by atoms with E-state index in [0.717, 1.165) is 5.56 Å². The van der Waals surface area contributed by atoms with Crippen LogP contribution in [-0.4, -0.2) is 11.3 Å². The Morgan fingerprint density at radius 2 is 2.05 bits per heavy atom. The van der Waals surface area contributed by atoms with Gasteiger partial charge in [0, 0.05) is 11.3 Å². The van der Waals surface area contributed by atoms with Crippen LogP contribution in [0.1, 0.15) is 11.1 Å². The Bertz CT molecular complexity index is 658. The van der Waals surface area contributed by atoms with Gasteiger partial charge in [-0.25, -0.2) is 4.39 Å². The van der Waals surface area contributed by atoms with Crippen LogP contribution in [0, 0.1) is 12.7 Å². The third kappa shape index (κ3) is 2.99. The molecule has 0 radical (unpaired) electrons. The minimum atomic E-state index is -1.40. The summed E-state index contributed by atoms with van der Waals surface area (Å²) in [6, 6.07) is 10.1. The van der Waals surface area contributed by atoms with E-state index < -0.39 is 16.6 Å². The minimum Gasteiger partial charge on any atom is -0.494 e. The number of hydrogen-bond donors (Lipinski definition) is 1. The molecule has 2 N–H and O–H groups in total. The molecule has 0 aliphatic rings. The molecule has 0 spiro atoms. The molecule has 0 aliphatic heterocycles. The fourth-order valence-electron chi connectivity index (χ4n) is 1.88. The van der Waals surface area contributed by atoms with Crippen LogP contribution in [0.2, 0.25) is 0 Å². The Morgan fingerprint density at radius 3 is 2.75 bits per heavy atom. The molecule has 2 rings (SSSR count). The van der Waals surface area contributed by atoms with E-state index in [1.807, 2.05) is 13.0 Å². The lowest BCUT2D eigenvalue weighted by Gasteiger charge is -2.09. The predicted molar refractivity (Wildman–Crippen MR) is 78.7 cm³/mol. The Morgan fingerprint density at radius 1 is 1.30 bits per heavy atom. The fraction of sp³-hybridized carbons (Fsp3) is 0.200. The number of methoxy groups -OCH3 is 1. The van der Waals surface area contributed by atoms with Gasteiger partial charge >= 0.3 is 0 Å². The first-order valence-electron chi connectivity index (χ1n) is 6.09. The Kier molecular flexibility index (Phi) is 4.39. The van der Waals surface area contributed by atoms with Gasteiger partial charge in [-0.05, 0) is 30.7 Å². The molecule has 2 aromatic carbocycles. The maximum Gasteiger partial charge on any atom is 0.169 e. The van der Waals surface area contributed by atoms with E-state index in [1.165, 1.54) is 13.2 Å². The summed E-state index contributed by atoms with van der Waals surface area (Å²) < 4.78 is 31.3. The highest BCUT2D eigenvalue weighted by Crippen LogP contribution is 2.25. The van der Waals surface area contributed by atoms with Gasteiger partial charge in [0.1, 0.15) is 0 Å². The SMILES string of the molecule is COc1cccc(CS(=O)c2cc(C)ccc2N)c1F. The van der Waals surface area contributed by atoms with Crippen molar-refractivity contribution in [2.75, 3.05) is 12.8 Å². The van der Waals surface area contributed by atoms with E-state index in [2.05, 4.69) is 0 Å². The minimum absolute atomic E-state index is 0.0662. The topological polar surface area (TPSA) is 52.3 Å². The molecule has 0 fully saturated rings. The van der Waals surface area contributed by atoms with Gasteiger partial charge in [-0.15, -0.1) is 0 Å². The number of aryl methyl sites for hydroxylation is 1. The average molecular weight is 293 g/mol. The number of nitrogen functional groups attached to an aromatic ring is 1.